The number of nitrogen functional groups attached to an aromatic ring is 1. The molecule has 0 fully saturated rings. The third kappa shape index (κ3) is 2.00. The van der Waals surface area contributed by atoms with Crippen LogP contribution in [0.2, 0.25) is 0 Å². The number of hydrogen-bond donors (Lipinski definition) is 1. The SMILES string of the molecule is CCCn1cnc(-c2cccc(F)c2F)c1N. The molecule has 5 heteroatoms. The highest BCUT2D eigenvalue weighted by Crippen LogP contribution is 2.27. The van der Waals surface area contributed by atoms with Crippen LogP contribution in [0.5, 0.6) is 0 Å². The number of imidazole rings is 1. The van der Waals surface area contributed by atoms with Crippen LogP contribution in [0.3, 0.4) is 0 Å². The molecule has 0 aliphatic carbocycles. The Balaban J connectivity index is 2.50. The molecule has 0 saturated carbocycles. The smallest absolute Gasteiger partial charge is 0.168 e. The first-order valence-electron chi connectivity index (χ1n) is 5.40. The molecule has 2 aromatic rings. The van der Waals surface area contributed by atoms with E-state index in [1.54, 1.807) is 10.9 Å². The fourth-order valence-corrected chi connectivity index (χ4v) is 1.71. The van der Waals surface area contributed by atoms with Gasteiger partial charge in [-0.2, -0.15) is 0 Å². The average molecular weight is 237 g/mol. The van der Waals surface area contributed by atoms with Crippen molar-refractivity contribution in [3.8, 4) is 11.3 Å². The van der Waals surface area contributed by atoms with Crippen LogP contribution in [-0.4, -0.2) is 9.55 Å². The summed E-state index contributed by atoms with van der Waals surface area (Å²) in [4.78, 5) is 4.04. The van der Waals surface area contributed by atoms with Crippen LogP contribution in [0.1, 0.15) is 13.3 Å². The van der Waals surface area contributed by atoms with Crippen LogP contribution < -0.4 is 5.73 Å². The first-order valence-corrected chi connectivity index (χ1v) is 5.40. The Hall–Kier alpha value is -1.91. The summed E-state index contributed by atoms with van der Waals surface area (Å²) in [6.07, 6.45) is 2.43. The number of aromatic nitrogens is 2. The lowest BCUT2D eigenvalue weighted by molar-refractivity contribution is 0.511. The molecule has 2 N–H and O–H groups in total. The van der Waals surface area contributed by atoms with E-state index in [0.29, 0.717) is 12.4 Å². The number of hydrogen-bond acceptors (Lipinski definition) is 2. The normalized spacial score (nSPS) is 10.8. The second kappa shape index (κ2) is 4.53. The molecule has 0 bridgehead atoms. The van der Waals surface area contributed by atoms with E-state index in [0.717, 1.165) is 12.5 Å². The topological polar surface area (TPSA) is 43.8 Å². The number of aryl methyl sites for hydroxylation is 1. The molecule has 3 nitrogen and oxygen atoms in total. The molecule has 17 heavy (non-hydrogen) atoms. The van der Waals surface area contributed by atoms with Gasteiger partial charge in [0.2, 0.25) is 0 Å². The minimum absolute atomic E-state index is 0.0948. The van der Waals surface area contributed by atoms with Crippen LogP contribution >= 0.6 is 0 Å². The highest BCUT2D eigenvalue weighted by atomic mass is 19.2. The van der Waals surface area contributed by atoms with E-state index in [1.807, 2.05) is 6.92 Å². The van der Waals surface area contributed by atoms with Crippen LogP contribution in [0, 0.1) is 11.6 Å². The van der Waals surface area contributed by atoms with Crippen molar-refractivity contribution in [2.24, 2.45) is 0 Å². The zero-order chi connectivity index (χ0) is 12.4. The molecule has 1 aromatic carbocycles. The molecule has 0 aliphatic heterocycles. The zero-order valence-corrected chi connectivity index (χ0v) is 9.45. The van der Waals surface area contributed by atoms with Gasteiger partial charge < -0.3 is 10.3 Å². The van der Waals surface area contributed by atoms with Crippen molar-refractivity contribution in [1.82, 2.24) is 9.55 Å². The Kier molecular flexibility index (Phi) is 3.08. The van der Waals surface area contributed by atoms with Crippen molar-refractivity contribution in [2.75, 3.05) is 5.73 Å². The number of anilines is 1. The number of rotatable bonds is 3. The van der Waals surface area contributed by atoms with E-state index in [2.05, 4.69) is 4.98 Å². The summed E-state index contributed by atoms with van der Waals surface area (Å²) in [5.41, 5.74) is 6.23. The van der Waals surface area contributed by atoms with Gasteiger partial charge in [-0.25, -0.2) is 13.8 Å². The lowest BCUT2D eigenvalue weighted by atomic mass is 10.1. The van der Waals surface area contributed by atoms with Crippen molar-refractivity contribution in [3.05, 3.63) is 36.2 Å². The molecule has 90 valence electrons. The van der Waals surface area contributed by atoms with Crippen LogP contribution in [0.25, 0.3) is 11.3 Å². The van der Waals surface area contributed by atoms with E-state index in [-0.39, 0.29) is 11.3 Å². The molecule has 0 atom stereocenters. The predicted molar refractivity (Wildman–Crippen MR) is 62.3 cm³/mol. The van der Waals surface area contributed by atoms with Gasteiger partial charge >= 0.3 is 0 Å². The van der Waals surface area contributed by atoms with Gasteiger partial charge in [0.25, 0.3) is 0 Å². The Morgan fingerprint density at radius 1 is 1.35 bits per heavy atom. The number of nitrogens with two attached hydrogens (primary N) is 1. The molecular formula is C12H13F2N3. The molecule has 0 aliphatic rings. The van der Waals surface area contributed by atoms with E-state index in [4.69, 9.17) is 5.73 Å². The molecule has 1 aromatic heterocycles. The zero-order valence-electron chi connectivity index (χ0n) is 9.45. The molecule has 0 saturated heterocycles. The van der Waals surface area contributed by atoms with Gasteiger partial charge in [0, 0.05) is 12.1 Å². The van der Waals surface area contributed by atoms with E-state index >= 15 is 0 Å². The van der Waals surface area contributed by atoms with Crippen molar-refractivity contribution < 1.29 is 8.78 Å². The quantitative estimate of drug-likeness (QED) is 0.892. The second-order valence-electron chi connectivity index (χ2n) is 3.77. The molecule has 0 spiro atoms. The first-order chi connectivity index (χ1) is 8.15. The van der Waals surface area contributed by atoms with Gasteiger partial charge in [-0.3, -0.25) is 0 Å². The fraction of sp³-hybridized carbons (Fsp3) is 0.250. The number of benzene rings is 1. The number of nitrogens with zero attached hydrogens (tertiary/aromatic N) is 2. The van der Waals surface area contributed by atoms with Crippen molar-refractivity contribution in [1.29, 1.82) is 0 Å². The highest BCUT2D eigenvalue weighted by molar-refractivity contribution is 5.70. The summed E-state index contributed by atoms with van der Waals surface area (Å²) < 4.78 is 28.4. The lowest BCUT2D eigenvalue weighted by Gasteiger charge is -2.04. The Bertz CT molecular complexity index is 535. The van der Waals surface area contributed by atoms with Gasteiger partial charge in [0.1, 0.15) is 11.5 Å². The van der Waals surface area contributed by atoms with E-state index in [1.165, 1.54) is 12.1 Å². The Labute approximate surface area is 97.9 Å². The standard InChI is InChI=1S/C12H13F2N3/c1-2-6-17-7-16-11(12(17)15)8-4-3-5-9(13)10(8)14/h3-5,7H,2,6,15H2,1H3. The molecule has 0 radical (unpaired) electrons. The van der Waals surface area contributed by atoms with Gasteiger partial charge in [-0.1, -0.05) is 13.0 Å². The maximum atomic E-state index is 13.6. The van der Waals surface area contributed by atoms with Gasteiger partial charge in [0.05, 0.1) is 6.33 Å². The van der Waals surface area contributed by atoms with Crippen LogP contribution in [-0.2, 0) is 6.54 Å². The minimum Gasteiger partial charge on any atom is -0.383 e. The Morgan fingerprint density at radius 2 is 2.12 bits per heavy atom. The first kappa shape index (κ1) is 11.6. The van der Waals surface area contributed by atoms with Crippen LogP contribution in [0.4, 0.5) is 14.6 Å². The maximum absolute atomic E-state index is 13.6. The summed E-state index contributed by atoms with van der Waals surface area (Å²) in [5.74, 6) is -1.45. The van der Waals surface area contributed by atoms with Crippen molar-refractivity contribution in [2.45, 2.75) is 19.9 Å². The molecule has 1 heterocycles. The fourth-order valence-electron chi connectivity index (χ4n) is 1.71. The summed E-state index contributed by atoms with van der Waals surface area (Å²) in [7, 11) is 0. The largest absolute Gasteiger partial charge is 0.383 e. The average Bonchev–Trinajstić information content (AvgIpc) is 2.66. The van der Waals surface area contributed by atoms with Crippen molar-refractivity contribution >= 4 is 5.82 Å². The molecular weight excluding hydrogens is 224 g/mol. The maximum Gasteiger partial charge on any atom is 0.168 e. The molecule has 0 unspecified atom stereocenters. The monoisotopic (exact) mass is 237 g/mol. The van der Waals surface area contributed by atoms with Gasteiger partial charge in [0.15, 0.2) is 11.6 Å². The summed E-state index contributed by atoms with van der Waals surface area (Å²) in [6, 6.07) is 3.97. The summed E-state index contributed by atoms with van der Waals surface area (Å²) in [6.45, 7) is 2.71. The second-order valence-corrected chi connectivity index (χ2v) is 3.77. The number of halogens is 2. The summed E-state index contributed by atoms with van der Waals surface area (Å²) in [5, 5.41) is 0. The van der Waals surface area contributed by atoms with Crippen LogP contribution in [0.15, 0.2) is 24.5 Å². The van der Waals surface area contributed by atoms with Gasteiger partial charge in [-0.05, 0) is 18.6 Å². The Morgan fingerprint density at radius 3 is 2.82 bits per heavy atom. The third-order valence-electron chi connectivity index (χ3n) is 2.55. The van der Waals surface area contributed by atoms with E-state index < -0.39 is 11.6 Å². The molecule has 0 amide bonds. The lowest BCUT2D eigenvalue weighted by Crippen LogP contribution is -2.02. The van der Waals surface area contributed by atoms with Crippen molar-refractivity contribution in [3.63, 3.8) is 0 Å². The van der Waals surface area contributed by atoms with Gasteiger partial charge in [-0.15, -0.1) is 0 Å². The predicted octanol–water partition coefficient (Wildman–Crippen LogP) is 2.82. The highest BCUT2D eigenvalue weighted by Gasteiger charge is 2.15. The third-order valence-corrected chi connectivity index (χ3v) is 2.55. The summed E-state index contributed by atoms with van der Waals surface area (Å²) >= 11 is 0. The minimum atomic E-state index is -0.916. The molecule has 2 rings (SSSR count). The van der Waals surface area contributed by atoms with E-state index in [9.17, 15) is 8.78 Å².